The minimum atomic E-state index is 0.863. The summed E-state index contributed by atoms with van der Waals surface area (Å²) >= 11 is 0. The van der Waals surface area contributed by atoms with Crippen LogP contribution in [0.1, 0.15) is 46.6 Å². The highest BCUT2D eigenvalue weighted by molar-refractivity contribution is 5.73. The van der Waals surface area contributed by atoms with E-state index in [0.29, 0.717) is 0 Å². The Balaban J connectivity index is 0.000000394. The molecule has 3 heteroatoms. The highest BCUT2D eigenvalue weighted by Crippen LogP contribution is 2.09. The predicted molar refractivity (Wildman–Crippen MR) is 70.6 cm³/mol. The zero-order valence-corrected chi connectivity index (χ0v) is 11.0. The summed E-state index contributed by atoms with van der Waals surface area (Å²) in [5, 5.41) is 7.79. The monoisotopic (exact) mass is 221 g/mol. The van der Waals surface area contributed by atoms with Crippen LogP contribution in [0.2, 0.25) is 0 Å². The van der Waals surface area contributed by atoms with Crippen molar-refractivity contribution in [3.05, 3.63) is 24.0 Å². The Morgan fingerprint density at radius 3 is 2.31 bits per heavy atom. The Morgan fingerprint density at radius 2 is 1.75 bits per heavy atom. The molecule has 2 aromatic rings. The third-order valence-corrected chi connectivity index (χ3v) is 1.76. The summed E-state index contributed by atoms with van der Waals surface area (Å²) in [5.41, 5.74) is 2.11. The predicted octanol–water partition coefficient (Wildman–Crippen LogP) is 3.96. The van der Waals surface area contributed by atoms with Gasteiger partial charge in [0.1, 0.15) is 0 Å². The van der Waals surface area contributed by atoms with Gasteiger partial charge in [-0.25, -0.2) is 4.98 Å². The second kappa shape index (κ2) is 8.89. The number of aryl methyl sites for hydroxylation is 1. The molecule has 90 valence electrons. The highest BCUT2D eigenvalue weighted by atomic mass is 15.1. The first-order valence-electron chi connectivity index (χ1n) is 6.09. The fourth-order valence-corrected chi connectivity index (χ4v) is 1.08. The maximum Gasteiger partial charge on any atom is 0.155 e. The minimum Gasteiger partial charge on any atom is -0.261 e. The molecule has 0 atom stereocenters. The number of H-pyrrole nitrogens is 1. The molecule has 2 heterocycles. The van der Waals surface area contributed by atoms with E-state index in [1.54, 1.807) is 6.20 Å². The molecule has 0 unspecified atom stereocenters. The summed E-state index contributed by atoms with van der Waals surface area (Å²) in [5.74, 6) is 0. The first-order valence-corrected chi connectivity index (χ1v) is 6.09. The molecule has 0 spiro atoms. The average molecular weight is 221 g/mol. The Hall–Kier alpha value is -1.38. The molecular formula is C13H23N3. The van der Waals surface area contributed by atoms with E-state index in [2.05, 4.69) is 42.0 Å². The van der Waals surface area contributed by atoms with Crippen LogP contribution in [0.4, 0.5) is 0 Å². The number of hydrogen-bond donors (Lipinski definition) is 1. The van der Waals surface area contributed by atoms with Gasteiger partial charge < -0.3 is 0 Å². The number of hydrogen-bond acceptors (Lipinski definition) is 2. The van der Waals surface area contributed by atoms with E-state index >= 15 is 0 Å². The van der Waals surface area contributed by atoms with E-state index in [-0.39, 0.29) is 0 Å². The first kappa shape index (κ1) is 14.6. The van der Waals surface area contributed by atoms with Crippen LogP contribution in [0.15, 0.2) is 18.5 Å². The van der Waals surface area contributed by atoms with Crippen LogP contribution in [0.3, 0.4) is 0 Å². The summed E-state index contributed by atoms with van der Waals surface area (Å²) in [7, 11) is 0. The third-order valence-electron chi connectivity index (χ3n) is 1.76. The fraction of sp³-hybridized carbons (Fsp3) is 0.538. The molecule has 16 heavy (non-hydrogen) atoms. The minimum absolute atomic E-state index is 0.863. The number of pyridine rings is 1. The smallest absolute Gasteiger partial charge is 0.155 e. The van der Waals surface area contributed by atoms with Gasteiger partial charge in [-0.3, -0.25) is 5.10 Å². The van der Waals surface area contributed by atoms with Crippen molar-refractivity contribution in [3.8, 4) is 0 Å². The van der Waals surface area contributed by atoms with E-state index in [9.17, 15) is 0 Å². The largest absolute Gasteiger partial charge is 0.261 e. The van der Waals surface area contributed by atoms with Gasteiger partial charge >= 0.3 is 0 Å². The summed E-state index contributed by atoms with van der Waals surface area (Å²) in [6.07, 6.45) is 5.94. The molecule has 3 nitrogen and oxygen atoms in total. The topological polar surface area (TPSA) is 41.6 Å². The SMILES string of the molecule is CC.CCC.CCc1cnc2[nH]ncc2c1. The van der Waals surface area contributed by atoms with Crippen molar-refractivity contribution in [1.29, 1.82) is 0 Å². The van der Waals surface area contributed by atoms with Crippen molar-refractivity contribution in [1.82, 2.24) is 15.2 Å². The van der Waals surface area contributed by atoms with Crippen LogP contribution in [0.25, 0.3) is 11.0 Å². The van der Waals surface area contributed by atoms with Gasteiger partial charge in [0.05, 0.1) is 6.20 Å². The average Bonchev–Trinajstić information content (AvgIpc) is 2.79. The molecule has 0 aliphatic heterocycles. The first-order chi connectivity index (χ1) is 7.81. The summed E-state index contributed by atoms with van der Waals surface area (Å²) in [6, 6.07) is 2.10. The van der Waals surface area contributed by atoms with Gasteiger partial charge in [-0.15, -0.1) is 0 Å². The van der Waals surface area contributed by atoms with E-state index in [1.165, 1.54) is 12.0 Å². The van der Waals surface area contributed by atoms with Crippen molar-refractivity contribution in [3.63, 3.8) is 0 Å². The van der Waals surface area contributed by atoms with Crippen molar-refractivity contribution < 1.29 is 0 Å². The summed E-state index contributed by atoms with van der Waals surface area (Å²) in [4.78, 5) is 4.19. The summed E-state index contributed by atoms with van der Waals surface area (Å²) in [6.45, 7) is 10.4. The lowest BCUT2D eigenvalue weighted by atomic mass is 10.2. The lowest BCUT2D eigenvalue weighted by Gasteiger charge is -1.93. The van der Waals surface area contributed by atoms with Crippen LogP contribution in [-0.4, -0.2) is 15.2 Å². The fourth-order valence-electron chi connectivity index (χ4n) is 1.08. The molecule has 0 fully saturated rings. The number of fused-ring (bicyclic) bond motifs is 1. The zero-order valence-electron chi connectivity index (χ0n) is 11.0. The van der Waals surface area contributed by atoms with Crippen LogP contribution in [0.5, 0.6) is 0 Å². The molecule has 2 rings (SSSR count). The molecule has 2 aromatic heterocycles. The van der Waals surface area contributed by atoms with E-state index in [0.717, 1.165) is 17.5 Å². The highest BCUT2D eigenvalue weighted by Gasteiger charge is 1.96. The Labute approximate surface area is 98.3 Å². The number of nitrogens with one attached hydrogen (secondary N) is 1. The molecule has 0 radical (unpaired) electrons. The Kier molecular flexibility index (Phi) is 8.12. The van der Waals surface area contributed by atoms with Crippen molar-refractivity contribution in [2.24, 2.45) is 0 Å². The van der Waals surface area contributed by atoms with Crippen LogP contribution < -0.4 is 0 Å². The van der Waals surface area contributed by atoms with Gasteiger partial charge in [0, 0.05) is 11.6 Å². The van der Waals surface area contributed by atoms with Crippen molar-refractivity contribution in [2.45, 2.75) is 47.5 Å². The van der Waals surface area contributed by atoms with Crippen molar-refractivity contribution >= 4 is 11.0 Å². The lowest BCUT2D eigenvalue weighted by Crippen LogP contribution is -1.82. The van der Waals surface area contributed by atoms with Gasteiger partial charge in [-0.05, 0) is 18.1 Å². The molecule has 1 N–H and O–H groups in total. The van der Waals surface area contributed by atoms with Gasteiger partial charge in [0.25, 0.3) is 0 Å². The number of rotatable bonds is 1. The maximum absolute atomic E-state index is 4.19. The standard InChI is InChI=1S/C8H9N3.C3H8.C2H6/c1-2-6-3-7-5-10-11-8(7)9-4-6;1-3-2;1-2/h3-5H,2H2,1H3,(H,9,10,11);3H2,1-2H3;1-2H3. The third kappa shape index (κ3) is 4.43. The normalized spacial score (nSPS) is 8.81. The van der Waals surface area contributed by atoms with E-state index in [1.807, 2.05) is 20.0 Å². The summed E-state index contributed by atoms with van der Waals surface area (Å²) < 4.78 is 0. The quantitative estimate of drug-likeness (QED) is 0.791. The molecule has 0 aliphatic carbocycles. The van der Waals surface area contributed by atoms with Crippen LogP contribution in [-0.2, 0) is 6.42 Å². The second-order valence-corrected chi connectivity index (χ2v) is 3.21. The molecule has 0 aliphatic rings. The Morgan fingerprint density at radius 1 is 1.12 bits per heavy atom. The lowest BCUT2D eigenvalue weighted by molar-refractivity contribution is 1.08. The van der Waals surface area contributed by atoms with E-state index < -0.39 is 0 Å². The molecule has 0 saturated carbocycles. The molecule has 0 bridgehead atoms. The van der Waals surface area contributed by atoms with Gasteiger partial charge in [-0.1, -0.05) is 41.0 Å². The zero-order chi connectivity index (χ0) is 12.4. The molecule has 0 aromatic carbocycles. The Bertz CT molecular complexity index is 379. The second-order valence-electron chi connectivity index (χ2n) is 3.21. The molecular weight excluding hydrogens is 198 g/mol. The maximum atomic E-state index is 4.19. The van der Waals surface area contributed by atoms with Gasteiger partial charge in [0.2, 0.25) is 0 Å². The van der Waals surface area contributed by atoms with E-state index in [4.69, 9.17) is 0 Å². The van der Waals surface area contributed by atoms with Gasteiger partial charge in [-0.2, -0.15) is 5.10 Å². The van der Waals surface area contributed by atoms with Crippen LogP contribution in [0, 0.1) is 0 Å². The van der Waals surface area contributed by atoms with Crippen LogP contribution >= 0.6 is 0 Å². The molecule has 0 saturated heterocycles. The number of nitrogens with zero attached hydrogens (tertiary/aromatic N) is 2. The van der Waals surface area contributed by atoms with Gasteiger partial charge in [0.15, 0.2) is 5.65 Å². The molecule has 0 amide bonds. The van der Waals surface area contributed by atoms with Crippen molar-refractivity contribution in [2.75, 3.05) is 0 Å². The number of aromatic amines is 1. The number of aromatic nitrogens is 3.